The zero-order chi connectivity index (χ0) is 20.5. The van der Waals surface area contributed by atoms with Gasteiger partial charge in [0.05, 0.1) is 41.9 Å². The molecule has 1 amide bonds. The van der Waals surface area contributed by atoms with Crippen molar-refractivity contribution in [1.82, 2.24) is 15.1 Å². The summed E-state index contributed by atoms with van der Waals surface area (Å²) in [6.07, 6.45) is 0.620. The van der Waals surface area contributed by atoms with Crippen LogP contribution >= 0.6 is 11.3 Å². The fourth-order valence-corrected chi connectivity index (χ4v) is 6.24. The molecule has 2 aromatic heterocycles. The summed E-state index contributed by atoms with van der Waals surface area (Å²) >= 11 is 1.64. The van der Waals surface area contributed by atoms with Gasteiger partial charge in [-0.1, -0.05) is 6.07 Å². The molecule has 154 valence electrons. The molecule has 0 aromatic carbocycles. The first-order chi connectivity index (χ1) is 13.2. The van der Waals surface area contributed by atoms with Gasteiger partial charge in [-0.05, 0) is 38.6 Å². The molecule has 7 nitrogen and oxygen atoms in total. The van der Waals surface area contributed by atoms with Crippen molar-refractivity contribution in [3.05, 3.63) is 39.3 Å². The average Bonchev–Trinajstić information content (AvgIpc) is 3.31. The number of aromatic nitrogens is 2. The highest BCUT2D eigenvalue weighted by molar-refractivity contribution is 7.91. The first kappa shape index (κ1) is 21.0. The zero-order valence-corrected chi connectivity index (χ0v) is 18.5. The van der Waals surface area contributed by atoms with Gasteiger partial charge in [0.1, 0.15) is 6.54 Å². The van der Waals surface area contributed by atoms with E-state index in [1.54, 1.807) is 11.3 Å². The van der Waals surface area contributed by atoms with Crippen molar-refractivity contribution in [3.8, 4) is 0 Å². The highest BCUT2D eigenvalue weighted by Gasteiger charge is 2.32. The Morgan fingerprint density at radius 2 is 2.21 bits per heavy atom. The number of aryl methyl sites for hydroxylation is 1. The molecule has 1 fully saturated rings. The normalized spacial score (nSPS) is 20.8. The lowest BCUT2D eigenvalue weighted by molar-refractivity contribution is -0.885. The molecular weight excluding hydrogens is 396 g/mol. The third-order valence-corrected chi connectivity index (χ3v) is 8.12. The quantitative estimate of drug-likeness (QED) is 0.688. The molecule has 28 heavy (non-hydrogen) atoms. The summed E-state index contributed by atoms with van der Waals surface area (Å²) in [6.45, 7) is 6.99. The maximum Gasteiger partial charge on any atom is 0.275 e. The van der Waals surface area contributed by atoms with E-state index in [0.29, 0.717) is 19.5 Å². The molecule has 3 heterocycles. The van der Waals surface area contributed by atoms with E-state index in [4.69, 9.17) is 0 Å². The van der Waals surface area contributed by atoms with Crippen LogP contribution in [-0.4, -0.2) is 49.2 Å². The second-order valence-corrected chi connectivity index (χ2v) is 11.0. The number of carbonyl (C=O) groups excluding carboxylic acids is 1. The Balaban J connectivity index is 1.61. The van der Waals surface area contributed by atoms with Crippen molar-refractivity contribution in [1.29, 1.82) is 0 Å². The van der Waals surface area contributed by atoms with Crippen molar-refractivity contribution in [3.63, 3.8) is 0 Å². The van der Waals surface area contributed by atoms with Gasteiger partial charge < -0.3 is 10.2 Å². The van der Waals surface area contributed by atoms with Gasteiger partial charge >= 0.3 is 0 Å². The predicted molar refractivity (Wildman–Crippen MR) is 110 cm³/mol. The molecule has 1 saturated heterocycles. The summed E-state index contributed by atoms with van der Waals surface area (Å²) in [7, 11) is -0.960. The van der Waals surface area contributed by atoms with E-state index in [2.05, 4.69) is 10.4 Å². The van der Waals surface area contributed by atoms with Crippen LogP contribution in [0, 0.1) is 13.8 Å². The van der Waals surface area contributed by atoms with Gasteiger partial charge in [0.2, 0.25) is 0 Å². The highest BCUT2D eigenvalue weighted by atomic mass is 32.2. The number of sulfone groups is 1. The van der Waals surface area contributed by atoms with Crippen LogP contribution in [0.5, 0.6) is 0 Å². The van der Waals surface area contributed by atoms with E-state index in [0.717, 1.165) is 26.7 Å². The van der Waals surface area contributed by atoms with Crippen LogP contribution in [0.4, 0.5) is 0 Å². The number of likely N-dealkylation sites (N-methyl/N-ethyl adjacent to an activating group) is 1. The van der Waals surface area contributed by atoms with E-state index in [9.17, 15) is 13.2 Å². The number of quaternary nitrogens is 1. The van der Waals surface area contributed by atoms with E-state index in [1.807, 2.05) is 50.0 Å². The van der Waals surface area contributed by atoms with Crippen molar-refractivity contribution in [2.75, 3.05) is 25.1 Å². The van der Waals surface area contributed by atoms with Crippen LogP contribution in [0.3, 0.4) is 0 Å². The first-order valence-corrected chi connectivity index (χ1v) is 12.3. The van der Waals surface area contributed by atoms with Gasteiger partial charge in [-0.3, -0.25) is 9.48 Å². The number of rotatable bonds is 7. The molecule has 2 N–H and O–H groups in total. The molecule has 2 aromatic rings. The highest BCUT2D eigenvalue weighted by Crippen LogP contribution is 2.26. The summed E-state index contributed by atoms with van der Waals surface area (Å²) in [6, 6.07) is 3.94. The maximum atomic E-state index is 12.4. The Morgan fingerprint density at radius 3 is 2.82 bits per heavy atom. The molecule has 0 bridgehead atoms. The van der Waals surface area contributed by atoms with Crippen LogP contribution in [-0.2, 0) is 21.2 Å². The second kappa shape index (κ2) is 8.34. The van der Waals surface area contributed by atoms with E-state index in [-0.39, 0.29) is 29.5 Å². The molecule has 0 radical (unpaired) electrons. The second-order valence-electron chi connectivity index (χ2n) is 7.77. The molecule has 0 aliphatic carbocycles. The van der Waals surface area contributed by atoms with Crippen molar-refractivity contribution < 1.29 is 18.1 Å². The monoisotopic (exact) mass is 425 g/mol. The lowest BCUT2D eigenvalue weighted by Gasteiger charge is -2.17. The standard InChI is InChI=1S/C19H28N4O3S2/c1-13-17(15(3)23(21-13)16-7-9-28(25,26)12-16)10-22(4)11-19(24)20-14(2)18-6-5-8-27-18/h5-6,8,14,16H,7,9-12H2,1-4H3,(H,20,24)/p+1/t14-,16-/m0/s1. The number of hydrogen-bond acceptors (Lipinski definition) is 5. The maximum absolute atomic E-state index is 12.4. The molecule has 1 aliphatic heterocycles. The van der Waals surface area contributed by atoms with Crippen molar-refractivity contribution in [2.24, 2.45) is 0 Å². The zero-order valence-electron chi connectivity index (χ0n) is 16.9. The molecular formula is C19H29N4O3S2+. The van der Waals surface area contributed by atoms with Crippen LogP contribution in [0.2, 0.25) is 0 Å². The fourth-order valence-electron chi connectivity index (χ4n) is 3.82. The first-order valence-electron chi connectivity index (χ1n) is 9.55. The van der Waals surface area contributed by atoms with Gasteiger partial charge in [-0.25, -0.2) is 8.42 Å². The summed E-state index contributed by atoms with van der Waals surface area (Å²) < 4.78 is 25.5. The summed E-state index contributed by atoms with van der Waals surface area (Å²) in [5.41, 5.74) is 3.01. The van der Waals surface area contributed by atoms with Crippen LogP contribution in [0.1, 0.15) is 47.3 Å². The van der Waals surface area contributed by atoms with Gasteiger partial charge in [-0.2, -0.15) is 5.10 Å². The lowest BCUT2D eigenvalue weighted by atomic mass is 10.1. The molecule has 3 rings (SSSR count). The Bertz CT molecular complexity index is 935. The van der Waals surface area contributed by atoms with Crippen LogP contribution in [0.25, 0.3) is 0 Å². The molecule has 1 aliphatic rings. The third kappa shape index (κ3) is 4.82. The van der Waals surface area contributed by atoms with Crippen LogP contribution < -0.4 is 10.2 Å². The minimum absolute atomic E-state index is 0.0100. The number of nitrogens with zero attached hydrogens (tertiary/aromatic N) is 2. The number of carbonyl (C=O) groups is 1. The number of amides is 1. The number of thiophene rings is 1. The largest absolute Gasteiger partial charge is 0.344 e. The molecule has 0 saturated carbocycles. The fraction of sp³-hybridized carbons (Fsp3) is 0.579. The molecule has 0 spiro atoms. The Kier molecular flexibility index (Phi) is 6.26. The number of hydrogen-bond donors (Lipinski definition) is 2. The minimum Gasteiger partial charge on any atom is -0.344 e. The smallest absolute Gasteiger partial charge is 0.275 e. The van der Waals surface area contributed by atoms with Crippen molar-refractivity contribution >= 4 is 27.1 Å². The summed E-state index contributed by atoms with van der Waals surface area (Å²) in [4.78, 5) is 14.6. The Labute approximate surface area is 170 Å². The third-order valence-electron chi connectivity index (χ3n) is 5.32. The SMILES string of the molecule is Cc1nn([C@H]2CCS(=O)(=O)C2)c(C)c1C[NH+](C)CC(=O)N[C@@H](C)c1cccs1. The summed E-state index contributed by atoms with van der Waals surface area (Å²) in [5, 5.41) is 9.67. The van der Waals surface area contributed by atoms with E-state index >= 15 is 0 Å². The predicted octanol–water partition coefficient (Wildman–Crippen LogP) is 0.813. The molecule has 3 atom stereocenters. The van der Waals surface area contributed by atoms with Gasteiger partial charge in [-0.15, -0.1) is 11.3 Å². The summed E-state index contributed by atoms with van der Waals surface area (Å²) in [5.74, 6) is 0.419. The molecule has 9 heteroatoms. The number of nitrogens with one attached hydrogen (secondary N) is 2. The lowest BCUT2D eigenvalue weighted by Crippen LogP contribution is -3.09. The van der Waals surface area contributed by atoms with E-state index < -0.39 is 9.84 Å². The Hall–Kier alpha value is -1.71. The average molecular weight is 426 g/mol. The van der Waals surface area contributed by atoms with Gasteiger partial charge in [0.25, 0.3) is 5.91 Å². The van der Waals surface area contributed by atoms with Gasteiger partial charge in [0, 0.05) is 10.6 Å². The minimum atomic E-state index is -2.95. The van der Waals surface area contributed by atoms with Crippen molar-refractivity contribution in [2.45, 2.75) is 45.8 Å². The topological polar surface area (TPSA) is 85.5 Å². The van der Waals surface area contributed by atoms with Gasteiger partial charge in [0.15, 0.2) is 16.4 Å². The Morgan fingerprint density at radius 1 is 1.46 bits per heavy atom. The van der Waals surface area contributed by atoms with E-state index in [1.165, 1.54) is 0 Å². The van der Waals surface area contributed by atoms with Crippen LogP contribution in [0.15, 0.2) is 17.5 Å². The molecule has 1 unspecified atom stereocenters.